The summed E-state index contributed by atoms with van der Waals surface area (Å²) in [7, 11) is 0. The van der Waals surface area contributed by atoms with Gasteiger partial charge in [0.25, 0.3) is 5.56 Å². The van der Waals surface area contributed by atoms with Crippen LogP contribution in [0.5, 0.6) is 0 Å². The van der Waals surface area contributed by atoms with Crippen LogP contribution in [0.4, 0.5) is 4.39 Å². The van der Waals surface area contributed by atoms with Gasteiger partial charge in [-0.2, -0.15) is 5.26 Å². The fourth-order valence-corrected chi connectivity index (χ4v) is 1.85. The number of nitriles is 1. The van der Waals surface area contributed by atoms with Gasteiger partial charge in [-0.1, -0.05) is 11.6 Å². The standard InChI is InChI=1S/C12H7ClFN3O2/c13-10-4-11(18)16-12(19)17(10)6-8-3-9(14)2-1-7(8)5-15/h1-4H,6H2,(H,16,18,19). The molecule has 2 rings (SSSR count). The van der Waals surface area contributed by atoms with E-state index < -0.39 is 17.1 Å². The molecule has 96 valence electrons. The third-order valence-corrected chi connectivity index (χ3v) is 2.81. The maximum Gasteiger partial charge on any atom is 0.329 e. The molecule has 0 spiro atoms. The molecule has 0 fully saturated rings. The fourth-order valence-electron chi connectivity index (χ4n) is 1.61. The van der Waals surface area contributed by atoms with E-state index in [-0.39, 0.29) is 17.3 Å². The van der Waals surface area contributed by atoms with Crippen molar-refractivity contribution in [1.82, 2.24) is 9.55 Å². The molecule has 1 heterocycles. The number of hydrogen-bond donors (Lipinski definition) is 1. The molecule has 2 aromatic rings. The van der Waals surface area contributed by atoms with Gasteiger partial charge in [0.05, 0.1) is 18.2 Å². The van der Waals surface area contributed by atoms with Crippen LogP contribution < -0.4 is 11.2 Å². The first-order valence-electron chi connectivity index (χ1n) is 5.19. The Labute approximate surface area is 111 Å². The van der Waals surface area contributed by atoms with Crippen LogP contribution in [0.3, 0.4) is 0 Å². The topological polar surface area (TPSA) is 78.7 Å². The van der Waals surface area contributed by atoms with E-state index in [2.05, 4.69) is 0 Å². The molecular formula is C12H7ClFN3O2. The molecule has 0 amide bonds. The fraction of sp³-hybridized carbons (Fsp3) is 0.0833. The molecule has 0 bridgehead atoms. The van der Waals surface area contributed by atoms with Gasteiger partial charge < -0.3 is 0 Å². The smallest absolute Gasteiger partial charge is 0.279 e. The summed E-state index contributed by atoms with van der Waals surface area (Å²) in [6.45, 7) is -0.102. The average molecular weight is 280 g/mol. The van der Waals surface area contributed by atoms with E-state index >= 15 is 0 Å². The quantitative estimate of drug-likeness (QED) is 0.840. The lowest BCUT2D eigenvalue weighted by atomic mass is 10.1. The minimum Gasteiger partial charge on any atom is -0.279 e. The van der Waals surface area contributed by atoms with E-state index in [1.807, 2.05) is 11.1 Å². The van der Waals surface area contributed by atoms with Crippen LogP contribution in [-0.4, -0.2) is 9.55 Å². The molecule has 1 aromatic carbocycles. The minimum atomic E-state index is -0.717. The lowest BCUT2D eigenvalue weighted by Gasteiger charge is -2.08. The van der Waals surface area contributed by atoms with Crippen molar-refractivity contribution >= 4 is 11.6 Å². The highest BCUT2D eigenvalue weighted by molar-refractivity contribution is 6.29. The molecule has 19 heavy (non-hydrogen) atoms. The third-order valence-electron chi connectivity index (χ3n) is 2.50. The van der Waals surface area contributed by atoms with E-state index in [0.717, 1.165) is 22.8 Å². The van der Waals surface area contributed by atoms with Crippen molar-refractivity contribution in [2.24, 2.45) is 0 Å². The van der Waals surface area contributed by atoms with Crippen molar-refractivity contribution in [3.63, 3.8) is 0 Å². The summed E-state index contributed by atoms with van der Waals surface area (Å²) in [4.78, 5) is 24.7. The molecule has 0 unspecified atom stereocenters. The van der Waals surface area contributed by atoms with E-state index in [1.54, 1.807) is 0 Å². The number of hydrogen-bond acceptors (Lipinski definition) is 3. The molecule has 0 aliphatic rings. The maximum atomic E-state index is 13.2. The molecule has 0 saturated carbocycles. The zero-order chi connectivity index (χ0) is 14.0. The summed E-state index contributed by atoms with van der Waals surface area (Å²) in [5, 5.41) is 8.84. The lowest BCUT2D eigenvalue weighted by molar-refractivity contribution is 0.621. The molecule has 0 saturated heterocycles. The van der Waals surface area contributed by atoms with Crippen molar-refractivity contribution < 1.29 is 4.39 Å². The summed E-state index contributed by atoms with van der Waals surface area (Å²) in [5.41, 5.74) is -0.800. The van der Waals surface area contributed by atoms with Crippen molar-refractivity contribution in [3.05, 3.63) is 67.2 Å². The van der Waals surface area contributed by atoms with Gasteiger partial charge in [-0.05, 0) is 23.8 Å². The first kappa shape index (κ1) is 13.1. The molecule has 0 radical (unpaired) electrons. The number of aromatic amines is 1. The molecule has 0 aliphatic carbocycles. The molecule has 0 atom stereocenters. The Balaban J connectivity index is 2.54. The third kappa shape index (κ3) is 2.72. The Morgan fingerprint density at radius 1 is 1.37 bits per heavy atom. The van der Waals surface area contributed by atoms with E-state index in [4.69, 9.17) is 16.9 Å². The Bertz CT molecular complexity index is 789. The summed E-state index contributed by atoms with van der Waals surface area (Å²) in [6, 6.07) is 6.54. The second kappa shape index (κ2) is 5.08. The molecule has 1 aromatic heterocycles. The number of rotatable bonds is 2. The van der Waals surface area contributed by atoms with Crippen LogP contribution >= 0.6 is 11.6 Å². The Kier molecular flexibility index (Phi) is 3.49. The second-order valence-electron chi connectivity index (χ2n) is 3.76. The summed E-state index contributed by atoms with van der Waals surface area (Å²) >= 11 is 5.79. The number of benzene rings is 1. The monoisotopic (exact) mass is 279 g/mol. The van der Waals surface area contributed by atoms with Gasteiger partial charge >= 0.3 is 5.69 Å². The van der Waals surface area contributed by atoms with Crippen molar-refractivity contribution in [2.75, 3.05) is 0 Å². The van der Waals surface area contributed by atoms with E-state index in [9.17, 15) is 14.0 Å². The van der Waals surface area contributed by atoms with Gasteiger partial charge in [0, 0.05) is 6.07 Å². The number of H-pyrrole nitrogens is 1. The van der Waals surface area contributed by atoms with Gasteiger partial charge in [-0.15, -0.1) is 0 Å². The number of aromatic nitrogens is 2. The SMILES string of the molecule is N#Cc1ccc(F)cc1Cn1c(Cl)cc(=O)[nH]c1=O. The predicted octanol–water partition coefficient (Wildman–Crippen LogP) is 1.25. The van der Waals surface area contributed by atoms with Gasteiger partial charge in [-0.3, -0.25) is 14.3 Å². The Hall–Kier alpha value is -2.39. The largest absolute Gasteiger partial charge is 0.329 e. The van der Waals surface area contributed by atoms with Crippen LogP contribution in [0.25, 0.3) is 0 Å². The molecule has 7 heteroatoms. The average Bonchev–Trinajstić information content (AvgIpc) is 2.34. The number of nitrogens with one attached hydrogen (secondary N) is 1. The first-order chi connectivity index (χ1) is 9.01. The minimum absolute atomic E-state index is 0.0816. The second-order valence-corrected chi connectivity index (χ2v) is 4.15. The molecule has 0 aliphatic heterocycles. The van der Waals surface area contributed by atoms with Crippen LogP contribution in [-0.2, 0) is 6.54 Å². The zero-order valence-electron chi connectivity index (χ0n) is 9.48. The first-order valence-corrected chi connectivity index (χ1v) is 5.57. The summed E-state index contributed by atoms with van der Waals surface area (Å²) in [6.07, 6.45) is 0. The predicted molar refractivity (Wildman–Crippen MR) is 66.5 cm³/mol. The van der Waals surface area contributed by atoms with Gasteiger partial charge in [0.15, 0.2) is 0 Å². The van der Waals surface area contributed by atoms with Crippen LogP contribution in [0.2, 0.25) is 5.15 Å². The summed E-state index contributed by atoms with van der Waals surface area (Å²) in [5.74, 6) is -0.525. The van der Waals surface area contributed by atoms with Crippen molar-refractivity contribution in [2.45, 2.75) is 6.54 Å². The van der Waals surface area contributed by atoms with E-state index in [0.29, 0.717) is 5.56 Å². The number of nitrogens with zero attached hydrogens (tertiary/aromatic N) is 2. The normalized spacial score (nSPS) is 10.2. The highest BCUT2D eigenvalue weighted by atomic mass is 35.5. The van der Waals surface area contributed by atoms with Crippen molar-refractivity contribution in [1.29, 1.82) is 5.26 Å². The number of halogens is 2. The van der Waals surface area contributed by atoms with Crippen LogP contribution in [0, 0.1) is 17.1 Å². The maximum absolute atomic E-state index is 13.2. The highest BCUT2D eigenvalue weighted by Gasteiger charge is 2.09. The van der Waals surface area contributed by atoms with Crippen molar-refractivity contribution in [3.8, 4) is 6.07 Å². The van der Waals surface area contributed by atoms with Gasteiger partial charge in [0.1, 0.15) is 11.0 Å². The van der Waals surface area contributed by atoms with Gasteiger partial charge in [0.2, 0.25) is 0 Å². The Morgan fingerprint density at radius 3 is 2.74 bits per heavy atom. The van der Waals surface area contributed by atoms with Crippen LogP contribution in [0.15, 0.2) is 33.9 Å². The zero-order valence-corrected chi connectivity index (χ0v) is 10.2. The van der Waals surface area contributed by atoms with Crippen LogP contribution in [0.1, 0.15) is 11.1 Å². The van der Waals surface area contributed by atoms with Gasteiger partial charge in [-0.25, -0.2) is 9.18 Å². The molecular weight excluding hydrogens is 273 g/mol. The lowest BCUT2D eigenvalue weighted by Crippen LogP contribution is -2.30. The highest BCUT2D eigenvalue weighted by Crippen LogP contribution is 2.13. The molecule has 1 N–H and O–H groups in total. The Morgan fingerprint density at radius 2 is 2.11 bits per heavy atom. The molecule has 5 nitrogen and oxygen atoms in total. The van der Waals surface area contributed by atoms with E-state index in [1.165, 1.54) is 6.07 Å². The summed E-state index contributed by atoms with van der Waals surface area (Å²) < 4.78 is 14.2.